The van der Waals surface area contributed by atoms with Gasteiger partial charge in [-0.05, 0) is 13.8 Å². The highest BCUT2D eigenvalue weighted by atomic mass is 16.5. The summed E-state index contributed by atoms with van der Waals surface area (Å²) in [5.74, 6) is 0.0193. The number of ether oxygens (including phenoxy) is 1. The lowest BCUT2D eigenvalue weighted by molar-refractivity contribution is -0.140. The van der Waals surface area contributed by atoms with E-state index in [0.29, 0.717) is 19.8 Å². The van der Waals surface area contributed by atoms with Gasteiger partial charge in [-0.15, -0.1) is 0 Å². The van der Waals surface area contributed by atoms with Crippen molar-refractivity contribution in [3.05, 3.63) is 0 Å². The molecule has 0 aromatic heterocycles. The van der Waals surface area contributed by atoms with Crippen molar-refractivity contribution in [1.29, 1.82) is 0 Å². The summed E-state index contributed by atoms with van der Waals surface area (Å²) in [5.41, 5.74) is 5.50. The van der Waals surface area contributed by atoms with E-state index in [4.69, 9.17) is 10.5 Å². The van der Waals surface area contributed by atoms with Gasteiger partial charge in [0.1, 0.15) is 0 Å². The first-order valence-electron chi connectivity index (χ1n) is 4.26. The predicted molar refractivity (Wildman–Crippen MR) is 45.6 cm³/mol. The quantitative estimate of drug-likeness (QED) is 0.584. The van der Waals surface area contributed by atoms with Gasteiger partial charge in [0, 0.05) is 6.54 Å². The molecule has 1 unspecified atom stereocenters. The Labute approximate surface area is 72.7 Å². The molecule has 0 aromatic rings. The third-order valence-corrected chi connectivity index (χ3v) is 2.04. The van der Waals surface area contributed by atoms with Crippen molar-refractivity contribution in [1.82, 2.24) is 4.90 Å². The maximum absolute atomic E-state index is 11.5. The van der Waals surface area contributed by atoms with E-state index in [1.54, 1.807) is 11.8 Å². The second-order valence-corrected chi connectivity index (χ2v) is 3.24. The Morgan fingerprint density at radius 2 is 2.42 bits per heavy atom. The van der Waals surface area contributed by atoms with Crippen LogP contribution in [0.2, 0.25) is 0 Å². The summed E-state index contributed by atoms with van der Waals surface area (Å²) in [5, 5.41) is 0. The number of amides is 1. The molecule has 70 valence electrons. The van der Waals surface area contributed by atoms with Gasteiger partial charge in [-0.1, -0.05) is 0 Å². The molecule has 4 nitrogen and oxygen atoms in total. The van der Waals surface area contributed by atoms with Crippen LogP contribution in [0.3, 0.4) is 0 Å². The lowest BCUT2D eigenvalue weighted by atomic mass is 10.2. The van der Waals surface area contributed by atoms with Crippen molar-refractivity contribution in [3.8, 4) is 0 Å². The van der Waals surface area contributed by atoms with Crippen LogP contribution < -0.4 is 5.73 Å². The maximum atomic E-state index is 11.5. The lowest BCUT2D eigenvalue weighted by Crippen LogP contribution is -2.52. The van der Waals surface area contributed by atoms with E-state index in [1.165, 1.54) is 0 Å². The number of nitrogens with zero attached hydrogens (tertiary/aromatic N) is 1. The molecule has 0 bridgehead atoms. The van der Waals surface area contributed by atoms with E-state index in [2.05, 4.69) is 0 Å². The van der Waals surface area contributed by atoms with Crippen LogP contribution in [0.1, 0.15) is 13.8 Å². The number of nitrogens with two attached hydrogens (primary N) is 1. The SMILES string of the molecule is CC(N)C(=O)N1CCOC[C@H]1C. The number of hydrogen-bond acceptors (Lipinski definition) is 3. The van der Waals surface area contributed by atoms with Crippen molar-refractivity contribution in [2.75, 3.05) is 19.8 Å². The van der Waals surface area contributed by atoms with Crippen LogP contribution in [0.5, 0.6) is 0 Å². The number of rotatable bonds is 1. The Bertz CT molecular complexity index is 170. The second-order valence-electron chi connectivity index (χ2n) is 3.24. The molecule has 0 saturated carbocycles. The minimum Gasteiger partial charge on any atom is -0.377 e. The van der Waals surface area contributed by atoms with Crippen LogP contribution >= 0.6 is 0 Å². The average molecular weight is 172 g/mol. The molecule has 1 rings (SSSR count). The van der Waals surface area contributed by atoms with E-state index in [9.17, 15) is 4.79 Å². The van der Waals surface area contributed by atoms with Crippen LogP contribution in [-0.2, 0) is 9.53 Å². The molecule has 0 radical (unpaired) electrons. The van der Waals surface area contributed by atoms with Crippen LogP contribution in [0, 0.1) is 0 Å². The minimum atomic E-state index is -0.398. The fraction of sp³-hybridized carbons (Fsp3) is 0.875. The topological polar surface area (TPSA) is 55.6 Å². The van der Waals surface area contributed by atoms with Gasteiger partial charge in [0.15, 0.2) is 0 Å². The van der Waals surface area contributed by atoms with E-state index >= 15 is 0 Å². The third-order valence-electron chi connectivity index (χ3n) is 2.04. The zero-order chi connectivity index (χ0) is 9.14. The monoisotopic (exact) mass is 172 g/mol. The number of hydrogen-bond donors (Lipinski definition) is 1. The highest BCUT2D eigenvalue weighted by Gasteiger charge is 2.25. The predicted octanol–water partition coefficient (Wildman–Crippen LogP) is -0.419. The summed E-state index contributed by atoms with van der Waals surface area (Å²) in [6.45, 7) is 5.60. The smallest absolute Gasteiger partial charge is 0.239 e. The average Bonchev–Trinajstić information content (AvgIpc) is 2.04. The van der Waals surface area contributed by atoms with Gasteiger partial charge in [0.25, 0.3) is 0 Å². The van der Waals surface area contributed by atoms with Crippen LogP contribution in [0.4, 0.5) is 0 Å². The van der Waals surface area contributed by atoms with Gasteiger partial charge in [-0.2, -0.15) is 0 Å². The Morgan fingerprint density at radius 1 is 1.75 bits per heavy atom. The molecule has 0 aliphatic carbocycles. The zero-order valence-corrected chi connectivity index (χ0v) is 7.62. The molecule has 1 heterocycles. The maximum Gasteiger partial charge on any atom is 0.239 e. The molecule has 12 heavy (non-hydrogen) atoms. The van der Waals surface area contributed by atoms with Gasteiger partial charge in [-0.3, -0.25) is 4.79 Å². The highest BCUT2D eigenvalue weighted by Crippen LogP contribution is 2.07. The normalized spacial score (nSPS) is 26.9. The summed E-state index contributed by atoms with van der Waals surface area (Å²) in [6.07, 6.45) is 0. The molecule has 1 amide bonds. The van der Waals surface area contributed by atoms with Crippen molar-refractivity contribution >= 4 is 5.91 Å². The van der Waals surface area contributed by atoms with Crippen LogP contribution in [0.15, 0.2) is 0 Å². The van der Waals surface area contributed by atoms with E-state index in [1.807, 2.05) is 6.92 Å². The first kappa shape index (κ1) is 9.48. The second kappa shape index (κ2) is 3.87. The molecule has 1 aliphatic heterocycles. The summed E-state index contributed by atoms with van der Waals surface area (Å²) >= 11 is 0. The number of carbonyl (C=O) groups excluding carboxylic acids is 1. The van der Waals surface area contributed by atoms with Gasteiger partial charge in [0.05, 0.1) is 25.3 Å². The molecule has 4 heteroatoms. The van der Waals surface area contributed by atoms with Crippen molar-refractivity contribution in [3.63, 3.8) is 0 Å². The van der Waals surface area contributed by atoms with Crippen LogP contribution in [0.25, 0.3) is 0 Å². The van der Waals surface area contributed by atoms with E-state index in [-0.39, 0.29) is 11.9 Å². The highest BCUT2D eigenvalue weighted by molar-refractivity contribution is 5.81. The standard InChI is InChI=1S/C8H16N2O2/c1-6-5-12-4-3-10(6)8(11)7(2)9/h6-7H,3-5,9H2,1-2H3/t6-,7?/m1/s1. The van der Waals surface area contributed by atoms with E-state index in [0.717, 1.165) is 0 Å². The van der Waals surface area contributed by atoms with Gasteiger partial charge < -0.3 is 15.4 Å². The fourth-order valence-electron chi connectivity index (χ4n) is 1.32. The Kier molecular flexibility index (Phi) is 3.05. The molecule has 0 spiro atoms. The molecule has 1 fully saturated rings. The first-order valence-corrected chi connectivity index (χ1v) is 4.26. The van der Waals surface area contributed by atoms with Gasteiger partial charge in [-0.25, -0.2) is 0 Å². The summed E-state index contributed by atoms with van der Waals surface area (Å²) in [6, 6.07) is -0.234. The first-order chi connectivity index (χ1) is 5.63. The molecular formula is C8H16N2O2. The molecule has 2 N–H and O–H groups in total. The molecule has 1 saturated heterocycles. The lowest BCUT2D eigenvalue weighted by Gasteiger charge is -2.34. The minimum absolute atomic E-state index is 0.0193. The van der Waals surface area contributed by atoms with Crippen molar-refractivity contribution in [2.45, 2.75) is 25.9 Å². The molecule has 0 aromatic carbocycles. The van der Waals surface area contributed by atoms with E-state index < -0.39 is 6.04 Å². The largest absolute Gasteiger partial charge is 0.377 e. The molecule has 1 aliphatic rings. The number of carbonyl (C=O) groups is 1. The fourth-order valence-corrected chi connectivity index (χ4v) is 1.32. The van der Waals surface area contributed by atoms with Gasteiger partial charge in [0.2, 0.25) is 5.91 Å². The molecule has 2 atom stereocenters. The van der Waals surface area contributed by atoms with Gasteiger partial charge >= 0.3 is 0 Å². The summed E-state index contributed by atoms with van der Waals surface area (Å²) < 4.78 is 5.21. The summed E-state index contributed by atoms with van der Waals surface area (Å²) in [4.78, 5) is 13.2. The van der Waals surface area contributed by atoms with Crippen molar-refractivity contribution < 1.29 is 9.53 Å². The van der Waals surface area contributed by atoms with Crippen LogP contribution in [-0.4, -0.2) is 42.6 Å². The Hall–Kier alpha value is -0.610. The Balaban J connectivity index is 2.53. The molecular weight excluding hydrogens is 156 g/mol. The summed E-state index contributed by atoms with van der Waals surface area (Å²) in [7, 11) is 0. The number of morpholine rings is 1. The zero-order valence-electron chi connectivity index (χ0n) is 7.62. The Morgan fingerprint density at radius 3 is 2.92 bits per heavy atom. The van der Waals surface area contributed by atoms with Crippen molar-refractivity contribution in [2.24, 2.45) is 5.73 Å². The third kappa shape index (κ3) is 1.95.